The van der Waals surface area contributed by atoms with Gasteiger partial charge in [-0.25, -0.2) is 0 Å². The molecule has 0 unspecified atom stereocenters. The number of nitrogens with zero attached hydrogens (tertiary/aromatic N) is 2. The Morgan fingerprint density at radius 1 is 1.09 bits per heavy atom. The molecule has 0 aliphatic heterocycles. The van der Waals surface area contributed by atoms with Crippen molar-refractivity contribution in [3.05, 3.63) is 68.8 Å². The van der Waals surface area contributed by atoms with E-state index in [-0.39, 0.29) is 11.4 Å². The van der Waals surface area contributed by atoms with Gasteiger partial charge in [0.05, 0.1) is 20.8 Å². The molecule has 0 aliphatic rings. The van der Waals surface area contributed by atoms with Gasteiger partial charge in [-0.15, -0.1) is 0 Å². The van der Waals surface area contributed by atoms with Crippen molar-refractivity contribution >= 4 is 39.8 Å². The minimum Gasteiger partial charge on any atom is -0.449 e. The normalized spacial score (nSPS) is 10.6. The van der Waals surface area contributed by atoms with Crippen molar-refractivity contribution in [1.82, 2.24) is 4.98 Å². The second kappa shape index (κ2) is 5.79. The molecule has 0 N–H and O–H groups in total. The van der Waals surface area contributed by atoms with Crippen molar-refractivity contribution in [3.8, 4) is 11.5 Å². The molecular weight excluding hydrogens is 327 g/mol. The van der Waals surface area contributed by atoms with E-state index in [4.69, 9.17) is 27.9 Å². The fraction of sp³-hybridized carbons (Fsp3) is 0. The first kappa shape index (κ1) is 14.6. The first-order chi connectivity index (χ1) is 10.6. The predicted molar refractivity (Wildman–Crippen MR) is 84.9 cm³/mol. The molecule has 0 spiro atoms. The topological polar surface area (TPSA) is 65.3 Å². The maximum absolute atomic E-state index is 11.1. The molecule has 2 aromatic carbocycles. The highest BCUT2D eigenvalue weighted by atomic mass is 35.5. The van der Waals surface area contributed by atoms with Crippen molar-refractivity contribution in [2.24, 2.45) is 0 Å². The fourth-order valence-corrected chi connectivity index (χ4v) is 2.65. The van der Waals surface area contributed by atoms with Gasteiger partial charge >= 0.3 is 5.69 Å². The van der Waals surface area contributed by atoms with Gasteiger partial charge < -0.3 is 4.74 Å². The van der Waals surface area contributed by atoms with E-state index in [1.807, 2.05) is 0 Å². The second-order valence-corrected chi connectivity index (χ2v) is 5.26. The number of halogens is 2. The van der Waals surface area contributed by atoms with Gasteiger partial charge in [-0.3, -0.25) is 15.1 Å². The number of fused-ring (bicyclic) bond motifs is 1. The van der Waals surface area contributed by atoms with Gasteiger partial charge in [0.2, 0.25) is 5.75 Å². The molecule has 0 aliphatic carbocycles. The highest BCUT2D eigenvalue weighted by Crippen LogP contribution is 2.38. The van der Waals surface area contributed by atoms with E-state index >= 15 is 0 Å². The third kappa shape index (κ3) is 2.68. The van der Waals surface area contributed by atoms with Gasteiger partial charge in [-0.1, -0.05) is 35.3 Å². The molecule has 22 heavy (non-hydrogen) atoms. The van der Waals surface area contributed by atoms with E-state index in [2.05, 4.69) is 4.98 Å². The zero-order valence-corrected chi connectivity index (χ0v) is 12.5. The van der Waals surface area contributed by atoms with Gasteiger partial charge in [0, 0.05) is 17.3 Å². The Labute approximate surface area is 135 Å². The lowest BCUT2D eigenvalue weighted by molar-refractivity contribution is -0.385. The van der Waals surface area contributed by atoms with E-state index in [0.29, 0.717) is 26.7 Å². The monoisotopic (exact) mass is 334 g/mol. The van der Waals surface area contributed by atoms with Crippen LogP contribution >= 0.6 is 23.2 Å². The largest absolute Gasteiger partial charge is 0.449 e. The number of nitro groups is 1. The van der Waals surface area contributed by atoms with Gasteiger partial charge in [0.1, 0.15) is 5.75 Å². The van der Waals surface area contributed by atoms with Crippen LogP contribution in [0.4, 0.5) is 5.69 Å². The fourth-order valence-electron chi connectivity index (χ4n) is 2.07. The Morgan fingerprint density at radius 2 is 1.86 bits per heavy atom. The molecule has 3 aromatic rings. The minimum absolute atomic E-state index is 0.127. The smallest absolute Gasteiger partial charge is 0.311 e. The standard InChI is InChI=1S/C15H8Cl2N2O3/c16-9-7-10(17)15-11(8-9)18-6-5-14(15)22-13-4-2-1-3-12(13)19(20)21/h1-8H. The number of benzene rings is 2. The van der Waals surface area contributed by atoms with Crippen LogP contribution < -0.4 is 4.74 Å². The molecule has 0 amide bonds. The van der Waals surface area contributed by atoms with E-state index in [0.717, 1.165) is 0 Å². The van der Waals surface area contributed by atoms with Crippen molar-refractivity contribution in [2.45, 2.75) is 0 Å². The Kier molecular flexibility index (Phi) is 3.83. The molecular formula is C15H8Cl2N2O3. The summed E-state index contributed by atoms with van der Waals surface area (Å²) in [6.07, 6.45) is 1.53. The molecule has 0 saturated carbocycles. The van der Waals surface area contributed by atoms with Crippen molar-refractivity contribution < 1.29 is 9.66 Å². The highest BCUT2D eigenvalue weighted by Gasteiger charge is 2.17. The van der Waals surface area contributed by atoms with Gasteiger partial charge in [-0.05, 0) is 24.3 Å². The summed E-state index contributed by atoms with van der Waals surface area (Å²) in [5.74, 6) is 0.506. The molecule has 1 heterocycles. The molecule has 7 heteroatoms. The van der Waals surface area contributed by atoms with Crippen LogP contribution in [-0.4, -0.2) is 9.91 Å². The summed E-state index contributed by atoms with van der Waals surface area (Å²) < 4.78 is 5.70. The van der Waals surface area contributed by atoms with E-state index < -0.39 is 4.92 Å². The Morgan fingerprint density at radius 3 is 2.64 bits per heavy atom. The first-order valence-corrected chi connectivity index (χ1v) is 6.97. The Hall–Kier alpha value is -2.37. The number of pyridine rings is 1. The van der Waals surface area contributed by atoms with Crippen LogP contribution in [0, 0.1) is 10.1 Å². The maximum atomic E-state index is 11.1. The molecule has 0 atom stereocenters. The van der Waals surface area contributed by atoms with Crippen LogP contribution in [0.1, 0.15) is 0 Å². The summed E-state index contributed by atoms with van der Waals surface area (Å²) in [5, 5.41) is 12.4. The van der Waals surface area contributed by atoms with E-state index in [9.17, 15) is 10.1 Å². The van der Waals surface area contributed by atoms with Crippen LogP contribution in [0.5, 0.6) is 11.5 Å². The van der Waals surface area contributed by atoms with E-state index in [1.54, 1.807) is 30.3 Å². The molecule has 5 nitrogen and oxygen atoms in total. The summed E-state index contributed by atoms with van der Waals surface area (Å²) in [5.41, 5.74) is 0.422. The zero-order valence-electron chi connectivity index (χ0n) is 11.0. The Balaban J connectivity index is 2.15. The predicted octanol–water partition coefficient (Wildman–Crippen LogP) is 5.24. The summed E-state index contributed by atoms with van der Waals surface area (Å²) in [6, 6.07) is 10.9. The number of rotatable bonds is 3. The Bertz CT molecular complexity index is 884. The zero-order chi connectivity index (χ0) is 15.7. The van der Waals surface area contributed by atoms with E-state index in [1.165, 1.54) is 18.3 Å². The lowest BCUT2D eigenvalue weighted by atomic mass is 10.2. The average molecular weight is 335 g/mol. The summed E-state index contributed by atoms with van der Waals surface area (Å²) in [4.78, 5) is 14.7. The van der Waals surface area contributed by atoms with Crippen LogP contribution in [0.15, 0.2) is 48.7 Å². The molecule has 110 valence electrons. The SMILES string of the molecule is O=[N+]([O-])c1ccccc1Oc1ccnc2cc(Cl)cc(Cl)c12. The molecule has 0 radical (unpaired) electrons. The average Bonchev–Trinajstić information content (AvgIpc) is 2.47. The van der Waals surface area contributed by atoms with Crippen LogP contribution in [0.25, 0.3) is 10.9 Å². The van der Waals surface area contributed by atoms with Crippen molar-refractivity contribution in [1.29, 1.82) is 0 Å². The second-order valence-electron chi connectivity index (χ2n) is 4.42. The number of hydrogen-bond donors (Lipinski definition) is 0. The summed E-state index contributed by atoms with van der Waals surface area (Å²) >= 11 is 12.1. The molecule has 0 bridgehead atoms. The van der Waals surface area contributed by atoms with Gasteiger partial charge in [0.15, 0.2) is 0 Å². The number of aromatic nitrogens is 1. The number of hydrogen-bond acceptors (Lipinski definition) is 4. The minimum atomic E-state index is -0.503. The molecule has 1 aromatic heterocycles. The molecule has 3 rings (SSSR count). The number of ether oxygens (including phenoxy) is 1. The van der Waals surface area contributed by atoms with Crippen LogP contribution in [-0.2, 0) is 0 Å². The number of nitro benzene ring substituents is 1. The van der Waals surface area contributed by atoms with Gasteiger partial charge in [-0.2, -0.15) is 0 Å². The highest BCUT2D eigenvalue weighted by molar-refractivity contribution is 6.39. The first-order valence-electron chi connectivity index (χ1n) is 6.21. The lowest BCUT2D eigenvalue weighted by Crippen LogP contribution is -1.94. The van der Waals surface area contributed by atoms with Crippen molar-refractivity contribution in [3.63, 3.8) is 0 Å². The quantitative estimate of drug-likeness (QED) is 0.485. The van der Waals surface area contributed by atoms with Crippen LogP contribution in [0.2, 0.25) is 10.0 Å². The maximum Gasteiger partial charge on any atom is 0.311 e. The number of para-hydroxylation sites is 2. The van der Waals surface area contributed by atoms with Gasteiger partial charge in [0.25, 0.3) is 0 Å². The molecule has 0 fully saturated rings. The summed E-state index contributed by atoms with van der Waals surface area (Å²) in [7, 11) is 0. The molecule has 0 saturated heterocycles. The van der Waals surface area contributed by atoms with Crippen molar-refractivity contribution in [2.75, 3.05) is 0 Å². The van der Waals surface area contributed by atoms with Crippen LogP contribution in [0.3, 0.4) is 0 Å². The third-order valence-electron chi connectivity index (χ3n) is 3.00. The third-order valence-corrected chi connectivity index (χ3v) is 3.52. The lowest BCUT2D eigenvalue weighted by Gasteiger charge is -2.10. The summed E-state index contributed by atoms with van der Waals surface area (Å²) in [6.45, 7) is 0.